The van der Waals surface area contributed by atoms with Crippen molar-refractivity contribution in [2.45, 2.75) is 6.92 Å². The van der Waals surface area contributed by atoms with Crippen molar-refractivity contribution in [1.29, 1.82) is 5.26 Å². The molecule has 3 nitrogen and oxygen atoms in total. The molecule has 0 aliphatic carbocycles. The number of nitriles is 1. The van der Waals surface area contributed by atoms with Gasteiger partial charge in [-0.25, -0.2) is 13.8 Å². The summed E-state index contributed by atoms with van der Waals surface area (Å²) < 4.78 is 26.9. The van der Waals surface area contributed by atoms with Crippen LogP contribution in [-0.4, -0.2) is 4.98 Å². The minimum atomic E-state index is -0.613. The third kappa shape index (κ3) is 2.00. The molecule has 2 N–H and O–H groups in total. The molecule has 0 amide bonds. The van der Waals surface area contributed by atoms with Gasteiger partial charge in [-0.1, -0.05) is 0 Å². The fraction of sp³-hybridized carbons (Fsp3) is 0.0769. The Bertz CT molecular complexity index is 660. The molecule has 2 aromatic rings. The third-order valence-corrected chi connectivity index (χ3v) is 2.51. The second-order valence-electron chi connectivity index (χ2n) is 3.81. The van der Waals surface area contributed by atoms with Crippen molar-refractivity contribution in [3.8, 4) is 17.2 Å². The van der Waals surface area contributed by atoms with Gasteiger partial charge in [0.2, 0.25) is 0 Å². The molecule has 0 aliphatic heterocycles. The molecule has 18 heavy (non-hydrogen) atoms. The van der Waals surface area contributed by atoms with Gasteiger partial charge >= 0.3 is 0 Å². The molecule has 0 atom stereocenters. The molecule has 2 rings (SSSR count). The van der Waals surface area contributed by atoms with Gasteiger partial charge in [0.1, 0.15) is 29.1 Å². The molecule has 1 aromatic heterocycles. The summed E-state index contributed by atoms with van der Waals surface area (Å²) in [5, 5.41) is 9.03. The summed E-state index contributed by atoms with van der Waals surface area (Å²) in [5.74, 6) is -1.18. The van der Waals surface area contributed by atoms with Crippen LogP contribution in [-0.2, 0) is 0 Å². The molecule has 0 saturated carbocycles. The van der Waals surface area contributed by atoms with Crippen LogP contribution < -0.4 is 5.73 Å². The van der Waals surface area contributed by atoms with Crippen molar-refractivity contribution in [2.75, 3.05) is 5.73 Å². The van der Waals surface area contributed by atoms with Crippen LogP contribution in [0.25, 0.3) is 11.1 Å². The lowest BCUT2D eigenvalue weighted by Crippen LogP contribution is -2.00. The van der Waals surface area contributed by atoms with Crippen molar-refractivity contribution in [1.82, 2.24) is 4.98 Å². The topological polar surface area (TPSA) is 62.7 Å². The minimum absolute atomic E-state index is 0.00347. The highest BCUT2D eigenvalue weighted by molar-refractivity contribution is 5.76. The van der Waals surface area contributed by atoms with Gasteiger partial charge in [-0.3, -0.25) is 0 Å². The molecule has 0 spiro atoms. The second kappa shape index (κ2) is 4.41. The van der Waals surface area contributed by atoms with E-state index in [0.717, 1.165) is 18.2 Å². The Labute approximate surface area is 103 Å². The summed E-state index contributed by atoms with van der Waals surface area (Å²) in [6.07, 6.45) is 0. The number of aryl methyl sites for hydroxylation is 1. The normalized spacial score (nSPS) is 10.1. The fourth-order valence-electron chi connectivity index (χ4n) is 1.73. The smallest absolute Gasteiger partial charge is 0.142 e. The number of hydrogen-bond donors (Lipinski definition) is 1. The molecule has 5 heteroatoms. The Balaban J connectivity index is 2.78. The van der Waals surface area contributed by atoms with Gasteiger partial charge in [-0.2, -0.15) is 5.26 Å². The van der Waals surface area contributed by atoms with E-state index in [1.54, 1.807) is 6.92 Å². The van der Waals surface area contributed by atoms with Crippen LogP contribution >= 0.6 is 0 Å². The van der Waals surface area contributed by atoms with Crippen molar-refractivity contribution in [3.63, 3.8) is 0 Å². The van der Waals surface area contributed by atoms with E-state index in [9.17, 15) is 8.78 Å². The first kappa shape index (κ1) is 12.0. The Morgan fingerprint density at radius 3 is 2.61 bits per heavy atom. The Hall–Kier alpha value is -2.48. The van der Waals surface area contributed by atoms with Crippen molar-refractivity contribution in [2.24, 2.45) is 0 Å². The van der Waals surface area contributed by atoms with E-state index in [-0.39, 0.29) is 22.5 Å². The number of rotatable bonds is 1. The first-order valence-electron chi connectivity index (χ1n) is 5.15. The van der Waals surface area contributed by atoms with Gasteiger partial charge in [0.15, 0.2) is 0 Å². The largest absolute Gasteiger partial charge is 0.383 e. The number of nitrogens with two attached hydrogens (primary N) is 1. The fourth-order valence-corrected chi connectivity index (χ4v) is 1.73. The highest BCUT2D eigenvalue weighted by atomic mass is 19.1. The van der Waals surface area contributed by atoms with E-state index in [1.807, 2.05) is 6.07 Å². The summed E-state index contributed by atoms with van der Waals surface area (Å²) >= 11 is 0. The first-order valence-corrected chi connectivity index (χ1v) is 5.15. The molecule has 0 radical (unpaired) electrons. The molecule has 0 aliphatic rings. The molecule has 1 aromatic carbocycles. The van der Waals surface area contributed by atoms with Crippen LogP contribution in [0.4, 0.5) is 14.6 Å². The van der Waals surface area contributed by atoms with Crippen LogP contribution in [0.15, 0.2) is 24.3 Å². The lowest BCUT2D eigenvalue weighted by Gasteiger charge is -2.09. The quantitative estimate of drug-likeness (QED) is 0.840. The van der Waals surface area contributed by atoms with Crippen molar-refractivity contribution < 1.29 is 8.78 Å². The lowest BCUT2D eigenvalue weighted by molar-refractivity contribution is 0.603. The number of anilines is 1. The van der Waals surface area contributed by atoms with Gasteiger partial charge in [0.25, 0.3) is 0 Å². The Morgan fingerprint density at radius 1 is 1.22 bits per heavy atom. The monoisotopic (exact) mass is 245 g/mol. The summed E-state index contributed by atoms with van der Waals surface area (Å²) in [6.45, 7) is 1.66. The first-order chi connectivity index (χ1) is 8.52. The van der Waals surface area contributed by atoms with Crippen LogP contribution in [0.2, 0.25) is 0 Å². The van der Waals surface area contributed by atoms with E-state index >= 15 is 0 Å². The molecule has 0 unspecified atom stereocenters. The predicted octanol–water partition coefficient (Wildman–Crippen LogP) is 2.79. The maximum absolute atomic E-state index is 13.7. The Morgan fingerprint density at radius 2 is 1.94 bits per heavy atom. The van der Waals surface area contributed by atoms with E-state index in [0.29, 0.717) is 5.69 Å². The zero-order chi connectivity index (χ0) is 13.3. The maximum Gasteiger partial charge on any atom is 0.142 e. The van der Waals surface area contributed by atoms with Crippen molar-refractivity contribution >= 4 is 5.82 Å². The van der Waals surface area contributed by atoms with Gasteiger partial charge in [-0.05, 0) is 31.2 Å². The number of halogens is 2. The molecule has 90 valence electrons. The summed E-state index contributed by atoms with van der Waals surface area (Å²) in [4.78, 5) is 3.92. The van der Waals surface area contributed by atoms with Crippen LogP contribution in [0.1, 0.15) is 11.3 Å². The van der Waals surface area contributed by atoms with Crippen LogP contribution in [0.3, 0.4) is 0 Å². The highest BCUT2D eigenvalue weighted by Crippen LogP contribution is 2.29. The van der Waals surface area contributed by atoms with Gasteiger partial charge < -0.3 is 5.73 Å². The number of benzene rings is 1. The van der Waals surface area contributed by atoms with E-state index < -0.39 is 11.6 Å². The number of aromatic nitrogens is 1. The van der Waals surface area contributed by atoms with E-state index in [2.05, 4.69) is 4.98 Å². The van der Waals surface area contributed by atoms with Crippen LogP contribution in [0.5, 0.6) is 0 Å². The molecule has 0 fully saturated rings. The Kier molecular flexibility index (Phi) is 2.94. The van der Waals surface area contributed by atoms with Gasteiger partial charge in [0.05, 0.1) is 0 Å². The van der Waals surface area contributed by atoms with Crippen molar-refractivity contribution in [3.05, 3.63) is 47.2 Å². The van der Waals surface area contributed by atoms with Gasteiger partial charge in [0, 0.05) is 16.8 Å². The van der Waals surface area contributed by atoms with Gasteiger partial charge in [-0.15, -0.1) is 0 Å². The zero-order valence-electron chi connectivity index (χ0n) is 9.54. The maximum atomic E-state index is 13.7. The summed E-state index contributed by atoms with van der Waals surface area (Å²) in [6, 6.07) is 6.43. The zero-order valence-corrected chi connectivity index (χ0v) is 9.54. The van der Waals surface area contributed by atoms with Crippen LogP contribution in [0, 0.1) is 29.9 Å². The number of nitrogen functional groups attached to an aromatic ring is 1. The number of hydrogen-bond acceptors (Lipinski definition) is 3. The molecule has 0 saturated heterocycles. The summed E-state index contributed by atoms with van der Waals surface area (Å²) in [7, 11) is 0. The third-order valence-electron chi connectivity index (χ3n) is 2.51. The molecule has 1 heterocycles. The second-order valence-corrected chi connectivity index (χ2v) is 3.81. The average Bonchev–Trinajstić information content (AvgIpc) is 2.31. The lowest BCUT2D eigenvalue weighted by atomic mass is 10.00. The molecule has 0 bridgehead atoms. The SMILES string of the molecule is Cc1cc(-c2cc(F)ccc2F)c(C#N)c(N)n1. The molecular formula is C13H9F2N3. The molecular weight excluding hydrogens is 236 g/mol. The summed E-state index contributed by atoms with van der Waals surface area (Å²) in [5.41, 5.74) is 6.44. The number of pyridine rings is 1. The highest BCUT2D eigenvalue weighted by Gasteiger charge is 2.14. The number of nitrogens with zero attached hydrogens (tertiary/aromatic N) is 2. The predicted molar refractivity (Wildman–Crippen MR) is 63.5 cm³/mol. The van der Waals surface area contributed by atoms with E-state index in [1.165, 1.54) is 6.07 Å². The average molecular weight is 245 g/mol. The van der Waals surface area contributed by atoms with E-state index in [4.69, 9.17) is 11.0 Å². The minimum Gasteiger partial charge on any atom is -0.383 e. The standard InChI is InChI=1S/C13H9F2N3/c1-7-4-9(11(6-16)13(17)18-7)10-5-8(14)2-3-12(10)15/h2-5H,1H3,(H2,17,18).